The van der Waals surface area contributed by atoms with Crippen molar-refractivity contribution in [2.45, 2.75) is 19.4 Å². The zero-order chi connectivity index (χ0) is 11.7. The van der Waals surface area contributed by atoms with Gasteiger partial charge in [0.05, 0.1) is 13.2 Å². The average Bonchev–Trinajstić information content (AvgIpc) is 2.24. The van der Waals surface area contributed by atoms with Crippen molar-refractivity contribution in [1.29, 1.82) is 0 Å². The molecule has 5 nitrogen and oxygen atoms in total. The fraction of sp³-hybridized carbons (Fsp3) is 0.778. The van der Waals surface area contributed by atoms with E-state index >= 15 is 0 Å². The van der Waals surface area contributed by atoms with Gasteiger partial charge in [0.15, 0.2) is 0 Å². The van der Waals surface area contributed by atoms with Crippen LogP contribution in [-0.4, -0.2) is 43.1 Å². The summed E-state index contributed by atoms with van der Waals surface area (Å²) in [6.45, 7) is 1.93. The Balaban J connectivity index is 0. The number of rotatable bonds is 7. The molecular formula is C9H18ClN2O3S-. The van der Waals surface area contributed by atoms with Crippen LogP contribution in [0.2, 0.25) is 0 Å². The molecule has 0 rings (SSSR count). The van der Waals surface area contributed by atoms with Crippen molar-refractivity contribution < 1.29 is 26.7 Å². The van der Waals surface area contributed by atoms with Crippen molar-refractivity contribution in [3.63, 3.8) is 0 Å². The number of thioether (sulfide) groups is 1. The molecule has 16 heavy (non-hydrogen) atoms. The predicted octanol–water partition coefficient (Wildman–Crippen LogP) is -3.25. The number of hydrogen-bond acceptors (Lipinski definition) is 5. The minimum atomic E-state index is -0.576. The van der Waals surface area contributed by atoms with E-state index in [2.05, 4.69) is 5.32 Å². The van der Waals surface area contributed by atoms with Gasteiger partial charge in [-0.1, -0.05) is 0 Å². The second-order valence-electron chi connectivity index (χ2n) is 2.86. The second-order valence-corrected chi connectivity index (χ2v) is 3.84. The van der Waals surface area contributed by atoms with Crippen molar-refractivity contribution in [1.82, 2.24) is 5.32 Å². The van der Waals surface area contributed by atoms with E-state index < -0.39 is 12.0 Å². The molecule has 0 radical (unpaired) electrons. The molecule has 1 atom stereocenters. The topological polar surface area (TPSA) is 81.4 Å². The van der Waals surface area contributed by atoms with E-state index in [1.165, 1.54) is 0 Å². The van der Waals surface area contributed by atoms with E-state index in [-0.39, 0.29) is 24.9 Å². The number of amides is 1. The van der Waals surface area contributed by atoms with Crippen molar-refractivity contribution >= 4 is 23.6 Å². The summed E-state index contributed by atoms with van der Waals surface area (Å²) in [7, 11) is 0. The van der Waals surface area contributed by atoms with E-state index in [9.17, 15) is 9.59 Å². The van der Waals surface area contributed by atoms with Gasteiger partial charge in [-0.2, -0.15) is 11.8 Å². The first-order valence-electron chi connectivity index (χ1n) is 4.80. The summed E-state index contributed by atoms with van der Waals surface area (Å²) in [4.78, 5) is 22.5. The summed E-state index contributed by atoms with van der Waals surface area (Å²) in [5.74, 6) is 0.0523. The molecule has 0 aliphatic heterocycles. The fourth-order valence-electron chi connectivity index (χ4n) is 0.981. The monoisotopic (exact) mass is 269 g/mol. The van der Waals surface area contributed by atoms with Gasteiger partial charge in [-0.25, -0.2) is 4.79 Å². The summed E-state index contributed by atoms with van der Waals surface area (Å²) in [5, 5.41) is 2.53. The molecule has 0 aliphatic rings. The smallest absolute Gasteiger partial charge is 0.328 e. The minimum Gasteiger partial charge on any atom is -1.00 e. The summed E-state index contributed by atoms with van der Waals surface area (Å²) in [6, 6.07) is -0.576. The number of esters is 1. The summed E-state index contributed by atoms with van der Waals surface area (Å²) < 4.78 is 4.84. The zero-order valence-electron chi connectivity index (χ0n) is 9.49. The number of carbonyl (C=O) groups excluding carboxylic acids is 2. The highest BCUT2D eigenvalue weighted by Gasteiger charge is 2.20. The van der Waals surface area contributed by atoms with Gasteiger partial charge in [0, 0.05) is 0 Å². The first-order valence-corrected chi connectivity index (χ1v) is 6.20. The largest absolute Gasteiger partial charge is 1.00 e. The van der Waals surface area contributed by atoms with Gasteiger partial charge < -0.3 is 28.2 Å². The number of ether oxygens (including phenoxy) is 1. The van der Waals surface area contributed by atoms with Crippen LogP contribution in [0.3, 0.4) is 0 Å². The number of carbonyl (C=O) groups is 2. The van der Waals surface area contributed by atoms with Crippen LogP contribution >= 0.6 is 11.8 Å². The van der Waals surface area contributed by atoms with Gasteiger partial charge in [-0.3, -0.25) is 4.79 Å². The highest BCUT2D eigenvalue weighted by molar-refractivity contribution is 7.98. The minimum absolute atomic E-state index is 0. The molecule has 0 aromatic rings. The Morgan fingerprint density at radius 3 is 2.56 bits per heavy atom. The fourth-order valence-corrected chi connectivity index (χ4v) is 1.45. The highest BCUT2D eigenvalue weighted by Crippen LogP contribution is 2.02. The van der Waals surface area contributed by atoms with Crippen molar-refractivity contribution in [2.75, 3.05) is 25.2 Å². The van der Waals surface area contributed by atoms with E-state index in [1.807, 2.05) is 6.26 Å². The predicted molar refractivity (Wildman–Crippen MR) is 60.6 cm³/mol. The van der Waals surface area contributed by atoms with Crippen molar-refractivity contribution in [3.05, 3.63) is 0 Å². The normalized spacial score (nSPS) is 11.2. The lowest BCUT2D eigenvalue weighted by molar-refractivity contribution is -0.147. The molecule has 3 N–H and O–H groups in total. The molecule has 0 aromatic heterocycles. The van der Waals surface area contributed by atoms with Gasteiger partial charge in [-0.05, 0) is 25.4 Å². The first-order chi connectivity index (χ1) is 7.15. The van der Waals surface area contributed by atoms with E-state index in [4.69, 9.17) is 10.5 Å². The maximum Gasteiger partial charge on any atom is 0.328 e. The highest BCUT2D eigenvalue weighted by atomic mass is 35.5. The van der Waals surface area contributed by atoms with E-state index in [0.29, 0.717) is 13.0 Å². The zero-order valence-corrected chi connectivity index (χ0v) is 11.1. The van der Waals surface area contributed by atoms with E-state index in [1.54, 1.807) is 18.7 Å². The molecule has 0 spiro atoms. The summed E-state index contributed by atoms with van der Waals surface area (Å²) >= 11 is 1.61. The lowest BCUT2D eigenvalue weighted by Crippen LogP contribution is -3.00. The number of halogens is 1. The van der Waals surface area contributed by atoms with Crippen LogP contribution < -0.4 is 23.5 Å². The Hall–Kier alpha value is -0.460. The molecule has 0 heterocycles. The molecule has 0 saturated carbocycles. The molecule has 7 heteroatoms. The second kappa shape index (κ2) is 11.0. The van der Waals surface area contributed by atoms with Gasteiger partial charge >= 0.3 is 5.97 Å². The van der Waals surface area contributed by atoms with Crippen LogP contribution in [0, 0.1) is 0 Å². The van der Waals surface area contributed by atoms with Gasteiger partial charge in [-0.15, -0.1) is 0 Å². The molecule has 0 fully saturated rings. The van der Waals surface area contributed by atoms with Crippen LogP contribution in [-0.2, 0) is 14.3 Å². The number of hydrogen-bond donors (Lipinski definition) is 2. The number of nitrogens with two attached hydrogens (primary N) is 1. The third-order valence-electron chi connectivity index (χ3n) is 1.70. The van der Waals surface area contributed by atoms with Crippen molar-refractivity contribution in [2.24, 2.45) is 5.73 Å². The quantitative estimate of drug-likeness (QED) is 0.475. The Morgan fingerprint density at radius 2 is 2.12 bits per heavy atom. The Kier molecular flexibility index (Phi) is 12.4. The lowest BCUT2D eigenvalue weighted by Gasteiger charge is -2.16. The van der Waals surface area contributed by atoms with Crippen LogP contribution in [0.4, 0.5) is 0 Å². The maximum atomic E-state index is 11.4. The van der Waals surface area contributed by atoms with Gasteiger partial charge in [0.2, 0.25) is 5.91 Å². The Morgan fingerprint density at radius 1 is 1.50 bits per heavy atom. The third kappa shape index (κ3) is 7.78. The SMILES string of the molecule is CCOC(=O)C(CCSC)NC(=O)CN.[Cl-]. The molecule has 1 unspecified atom stereocenters. The molecule has 0 aromatic carbocycles. The van der Waals surface area contributed by atoms with Crippen molar-refractivity contribution in [3.8, 4) is 0 Å². The average molecular weight is 270 g/mol. The first kappa shape index (κ1) is 17.9. The maximum absolute atomic E-state index is 11.4. The molecule has 0 saturated heterocycles. The molecule has 0 aliphatic carbocycles. The number of nitrogens with one attached hydrogen (secondary N) is 1. The van der Waals surface area contributed by atoms with Crippen LogP contribution in [0.25, 0.3) is 0 Å². The summed E-state index contributed by atoms with van der Waals surface area (Å²) in [5.41, 5.74) is 5.15. The standard InChI is InChI=1S/C9H18N2O3S.ClH/c1-3-14-9(13)7(4-5-15-2)11-8(12)6-10;/h7H,3-6,10H2,1-2H3,(H,11,12);1H/p-1. The molecule has 96 valence electrons. The summed E-state index contributed by atoms with van der Waals surface area (Å²) in [6.07, 6.45) is 2.50. The third-order valence-corrected chi connectivity index (χ3v) is 2.35. The molecule has 0 bridgehead atoms. The van der Waals surface area contributed by atoms with Crippen LogP contribution in [0.15, 0.2) is 0 Å². The van der Waals surface area contributed by atoms with Gasteiger partial charge in [0.1, 0.15) is 6.04 Å². The van der Waals surface area contributed by atoms with Crippen LogP contribution in [0.5, 0.6) is 0 Å². The lowest BCUT2D eigenvalue weighted by atomic mass is 10.2. The Bertz CT molecular complexity index is 217. The Labute approximate surface area is 106 Å². The van der Waals surface area contributed by atoms with Gasteiger partial charge in [0.25, 0.3) is 0 Å². The molecular weight excluding hydrogens is 252 g/mol. The van der Waals surface area contributed by atoms with E-state index in [0.717, 1.165) is 5.75 Å². The van der Waals surface area contributed by atoms with Crippen LogP contribution in [0.1, 0.15) is 13.3 Å². The molecule has 1 amide bonds.